The molecule has 1 aliphatic rings. The Labute approximate surface area is 215 Å². The summed E-state index contributed by atoms with van der Waals surface area (Å²) in [6.45, 7) is 9.36. The maximum absolute atomic E-state index is 13.4. The number of nitrogens with zero attached hydrogens (tertiary/aromatic N) is 4. The molecule has 0 saturated carbocycles. The first kappa shape index (κ1) is 24.8. The van der Waals surface area contributed by atoms with Crippen molar-refractivity contribution in [3.63, 3.8) is 0 Å². The lowest BCUT2D eigenvalue weighted by Crippen LogP contribution is -2.45. The van der Waals surface area contributed by atoms with Crippen molar-refractivity contribution in [1.29, 1.82) is 0 Å². The predicted molar refractivity (Wildman–Crippen MR) is 145 cm³/mol. The molecule has 4 aromatic rings. The van der Waals surface area contributed by atoms with E-state index in [0.29, 0.717) is 6.61 Å². The number of anilines is 1. The molecule has 1 N–H and O–H groups in total. The van der Waals surface area contributed by atoms with E-state index in [1.54, 1.807) is 36.9 Å². The van der Waals surface area contributed by atoms with E-state index >= 15 is 0 Å². The van der Waals surface area contributed by atoms with Gasteiger partial charge in [0, 0.05) is 44.7 Å². The van der Waals surface area contributed by atoms with E-state index in [1.807, 2.05) is 0 Å². The van der Waals surface area contributed by atoms with E-state index in [1.165, 1.54) is 23.3 Å². The number of methoxy groups -OCH3 is 1. The van der Waals surface area contributed by atoms with Crippen LogP contribution in [0.15, 0.2) is 60.9 Å². The quantitative estimate of drug-likeness (QED) is 0.327. The summed E-state index contributed by atoms with van der Waals surface area (Å²) in [6.07, 6.45) is 1.58. The van der Waals surface area contributed by atoms with Crippen LogP contribution < -0.4 is 5.32 Å². The molecule has 8 heteroatoms. The molecule has 5 rings (SSSR count). The van der Waals surface area contributed by atoms with Gasteiger partial charge in [0.1, 0.15) is 18.0 Å². The Morgan fingerprint density at radius 2 is 1.72 bits per heavy atom. The molecule has 0 unspecified atom stereocenters. The zero-order valence-corrected chi connectivity index (χ0v) is 21.6. The van der Waals surface area contributed by atoms with E-state index in [2.05, 4.69) is 62.3 Å². The molecule has 0 bridgehead atoms. The molecule has 0 spiro atoms. The highest BCUT2D eigenvalue weighted by Crippen LogP contribution is 2.37. The van der Waals surface area contributed by atoms with Crippen molar-refractivity contribution < 1.29 is 9.13 Å². The van der Waals surface area contributed by atoms with E-state index in [-0.39, 0.29) is 11.9 Å². The SMILES string of the molecule is CCN1CCN(Cc2ccc(-c3cc4ncnc(N[C@H](COC)c5ccc(F)cc5)c4s3)cc2)CC1. The number of hydrogen-bond acceptors (Lipinski definition) is 7. The average Bonchev–Trinajstić information content (AvgIpc) is 3.35. The summed E-state index contributed by atoms with van der Waals surface area (Å²) in [6, 6.07) is 17.3. The normalized spacial score (nSPS) is 15.9. The van der Waals surface area contributed by atoms with Gasteiger partial charge in [-0.15, -0.1) is 11.3 Å². The summed E-state index contributed by atoms with van der Waals surface area (Å²) in [5, 5.41) is 3.49. The minimum atomic E-state index is -0.257. The van der Waals surface area contributed by atoms with Crippen molar-refractivity contribution >= 4 is 27.4 Å². The van der Waals surface area contributed by atoms with Crippen molar-refractivity contribution in [1.82, 2.24) is 19.8 Å². The third-order valence-corrected chi connectivity index (χ3v) is 7.96. The number of benzene rings is 2. The Bertz CT molecular complexity index is 1270. The number of likely N-dealkylation sites (N-methyl/N-ethyl adjacent to an activating group) is 1. The van der Waals surface area contributed by atoms with Gasteiger partial charge >= 0.3 is 0 Å². The third kappa shape index (κ3) is 5.73. The highest BCUT2D eigenvalue weighted by molar-refractivity contribution is 7.22. The molecule has 1 aliphatic heterocycles. The fourth-order valence-electron chi connectivity index (χ4n) is 4.64. The molecule has 0 aliphatic carbocycles. The first-order valence-electron chi connectivity index (χ1n) is 12.4. The van der Waals surface area contributed by atoms with Gasteiger partial charge in [0.2, 0.25) is 0 Å². The molecule has 1 fully saturated rings. The molecule has 1 saturated heterocycles. The van der Waals surface area contributed by atoms with Crippen LogP contribution in [-0.4, -0.2) is 66.2 Å². The van der Waals surface area contributed by atoms with Gasteiger partial charge in [0.15, 0.2) is 0 Å². The van der Waals surface area contributed by atoms with Gasteiger partial charge in [-0.05, 0) is 41.4 Å². The van der Waals surface area contributed by atoms with Gasteiger partial charge in [-0.1, -0.05) is 43.3 Å². The van der Waals surface area contributed by atoms with Gasteiger partial charge in [0.25, 0.3) is 0 Å². The van der Waals surface area contributed by atoms with Crippen LogP contribution in [0.3, 0.4) is 0 Å². The number of thiophene rings is 1. The summed E-state index contributed by atoms with van der Waals surface area (Å²) in [7, 11) is 1.66. The van der Waals surface area contributed by atoms with Gasteiger partial charge in [-0.3, -0.25) is 4.90 Å². The maximum atomic E-state index is 13.4. The van der Waals surface area contributed by atoms with E-state index in [9.17, 15) is 4.39 Å². The Morgan fingerprint density at radius 1 is 1.00 bits per heavy atom. The van der Waals surface area contributed by atoms with Crippen molar-refractivity contribution in [2.24, 2.45) is 0 Å². The summed E-state index contributed by atoms with van der Waals surface area (Å²) in [4.78, 5) is 15.2. The summed E-state index contributed by atoms with van der Waals surface area (Å²) in [5.74, 6) is 0.498. The molecule has 3 heterocycles. The summed E-state index contributed by atoms with van der Waals surface area (Å²) < 4.78 is 19.8. The zero-order chi connectivity index (χ0) is 24.9. The Balaban J connectivity index is 1.32. The van der Waals surface area contributed by atoms with Gasteiger partial charge in [-0.25, -0.2) is 14.4 Å². The predicted octanol–water partition coefficient (Wildman–Crippen LogP) is 5.43. The van der Waals surface area contributed by atoms with Gasteiger partial charge < -0.3 is 15.0 Å². The number of hydrogen-bond donors (Lipinski definition) is 1. The molecule has 188 valence electrons. The zero-order valence-electron chi connectivity index (χ0n) is 20.8. The average molecular weight is 506 g/mol. The first-order valence-corrected chi connectivity index (χ1v) is 13.2. The van der Waals surface area contributed by atoms with Gasteiger partial charge in [0.05, 0.1) is 22.9 Å². The van der Waals surface area contributed by atoms with Crippen LogP contribution in [0.25, 0.3) is 20.7 Å². The number of halogens is 1. The van der Waals surface area contributed by atoms with Crippen LogP contribution in [0.4, 0.5) is 10.2 Å². The van der Waals surface area contributed by atoms with Crippen molar-refractivity contribution in [2.45, 2.75) is 19.5 Å². The second-order valence-corrected chi connectivity index (χ2v) is 10.2. The van der Waals surface area contributed by atoms with Crippen LogP contribution in [0.5, 0.6) is 0 Å². The molecular formula is C28H32FN5OS. The fraction of sp³-hybridized carbons (Fsp3) is 0.357. The van der Waals surface area contributed by atoms with Crippen molar-refractivity contribution in [2.75, 3.05) is 51.8 Å². The van der Waals surface area contributed by atoms with E-state index < -0.39 is 0 Å². The maximum Gasteiger partial charge on any atom is 0.148 e. The number of fused-ring (bicyclic) bond motifs is 1. The molecule has 36 heavy (non-hydrogen) atoms. The van der Waals surface area contributed by atoms with E-state index in [0.717, 1.165) is 65.7 Å². The topological polar surface area (TPSA) is 53.5 Å². The molecular weight excluding hydrogens is 473 g/mol. The minimum absolute atomic E-state index is 0.155. The summed E-state index contributed by atoms with van der Waals surface area (Å²) >= 11 is 1.67. The molecule has 0 amide bonds. The van der Waals surface area contributed by atoms with E-state index in [4.69, 9.17) is 4.74 Å². The lowest BCUT2D eigenvalue weighted by molar-refractivity contribution is 0.132. The largest absolute Gasteiger partial charge is 0.382 e. The van der Waals surface area contributed by atoms with Crippen LogP contribution in [0.2, 0.25) is 0 Å². The highest BCUT2D eigenvalue weighted by atomic mass is 32.1. The number of aromatic nitrogens is 2. The molecule has 0 radical (unpaired) electrons. The standard InChI is InChI=1S/C28H32FN5OS/c1-3-33-12-14-34(15-13-33)17-20-4-6-22(7-5-20)26-16-24-27(36-26)28(31-19-30-24)32-25(18-35-2)21-8-10-23(29)11-9-21/h4-11,16,19,25H,3,12-15,17-18H2,1-2H3,(H,30,31,32)/t25-/m1/s1. The van der Waals surface area contributed by atoms with Gasteiger partial charge in [-0.2, -0.15) is 0 Å². The Kier molecular flexibility index (Phi) is 7.87. The molecule has 2 aromatic heterocycles. The lowest BCUT2D eigenvalue weighted by atomic mass is 10.1. The fourth-order valence-corrected chi connectivity index (χ4v) is 5.71. The van der Waals surface area contributed by atoms with Crippen molar-refractivity contribution in [3.05, 3.63) is 77.9 Å². The smallest absolute Gasteiger partial charge is 0.148 e. The molecule has 2 aromatic carbocycles. The first-order chi connectivity index (χ1) is 17.6. The van der Waals surface area contributed by atoms with Crippen molar-refractivity contribution in [3.8, 4) is 10.4 Å². The van der Waals surface area contributed by atoms with Crippen LogP contribution >= 0.6 is 11.3 Å². The van der Waals surface area contributed by atoms with Crippen LogP contribution in [0, 0.1) is 5.82 Å². The number of nitrogens with one attached hydrogen (secondary N) is 1. The van der Waals surface area contributed by atoms with Crippen LogP contribution in [-0.2, 0) is 11.3 Å². The van der Waals surface area contributed by atoms with Crippen LogP contribution in [0.1, 0.15) is 24.1 Å². The molecule has 6 nitrogen and oxygen atoms in total. The molecule has 1 atom stereocenters. The monoisotopic (exact) mass is 505 g/mol. The third-order valence-electron chi connectivity index (χ3n) is 6.78. The Morgan fingerprint density at radius 3 is 2.42 bits per heavy atom. The number of ether oxygens (including phenoxy) is 1. The minimum Gasteiger partial charge on any atom is -0.382 e. The number of rotatable bonds is 9. The lowest BCUT2D eigenvalue weighted by Gasteiger charge is -2.34. The Hall–Kier alpha value is -2.91. The number of piperazine rings is 1. The summed E-state index contributed by atoms with van der Waals surface area (Å²) in [5.41, 5.74) is 4.36. The highest BCUT2D eigenvalue weighted by Gasteiger charge is 2.18. The second-order valence-electron chi connectivity index (χ2n) is 9.16. The second kappa shape index (κ2) is 11.4.